The molecule has 6 aromatic carbocycles. The first-order valence-electron chi connectivity index (χ1n) is 15.5. The molecule has 6 N–H and O–H groups in total. The number of H-pyrrole nitrogens is 2. The summed E-state index contributed by atoms with van der Waals surface area (Å²) in [5, 5.41) is 6.67. The monoisotopic (exact) mass is 592 g/mol. The van der Waals surface area contributed by atoms with Crippen molar-refractivity contribution in [3.05, 3.63) is 133 Å². The van der Waals surface area contributed by atoms with Gasteiger partial charge in [-0.1, -0.05) is 72.8 Å². The lowest BCUT2D eigenvalue weighted by Gasteiger charge is -2.17. The van der Waals surface area contributed by atoms with Crippen LogP contribution >= 0.6 is 0 Å². The lowest BCUT2D eigenvalue weighted by molar-refractivity contribution is 1.08. The van der Waals surface area contributed by atoms with E-state index in [-0.39, 0.29) is 0 Å². The van der Waals surface area contributed by atoms with Crippen LogP contribution in [0.4, 0.5) is 11.4 Å². The Kier molecular flexibility index (Phi) is 4.92. The molecule has 0 bridgehead atoms. The normalized spacial score (nSPS) is 12.1. The summed E-state index contributed by atoms with van der Waals surface area (Å²) in [6, 6.07) is 46.7. The maximum absolute atomic E-state index is 7.18. The third-order valence-electron chi connectivity index (χ3n) is 9.55. The van der Waals surface area contributed by atoms with Crippen LogP contribution in [-0.4, -0.2) is 19.1 Å². The van der Waals surface area contributed by atoms with Gasteiger partial charge in [-0.15, -0.1) is 0 Å². The van der Waals surface area contributed by atoms with Crippen LogP contribution in [0.1, 0.15) is 0 Å². The summed E-state index contributed by atoms with van der Waals surface area (Å²) in [5.74, 6) is 0. The molecule has 6 heteroatoms. The second-order valence-electron chi connectivity index (χ2n) is 12.0. The minimum absolute atomic E-state index is 0.693. The maximum Gasteiger partial charge on any atom is 0.0964 e. The summed E-state index contributed by atoms with van der Waals surface area (Å²) in [6.07, 6.45) is 0. The average molecular weight is 593 g/mol. The Labute approximate surface area is 263 Å². The highest BCUT2D eigenvalue weighted by Crippen LogP contribution is 2.46. The first kappa shape index (κ1) is 25.0. The van der Waals surface area contributed by atoms with Crippen molar-refractivity contribution in [1.82, 2.24) is 19.1 Å². The molecule has 0 fully saturated rings. The van der Waals surface area contributed by atoms with Gasteiger partial charge in [0.1, 0.15) is 0 Å². The van der Waals surface area contributed by atoms with Crippen molar-refractivity contribution in [3.63, 3.8) is 0 Å². The van der Waals surface area contributed by atoms with E-state index in [1.165, 1.54) is 10.8 Å². The van der Waals surface area contributed by atoms with Gasteiger partial charge in [0.25, 0.3) is 0 Å². The molecule has 218 valence electrons. The Balaban J connectivity index is 1.33. The van der Waals surface area contributed by atoms with Crippen molar-refractivity contribution >= 4 is 76.8 Å². The number of rotatable bonds is 3. The first-order valence-corrected chi connectivity index (χ1v) is 15.5. The Morgan fingerprint density at radius 1 is 0.370 bits per heavy atom. The van der Waals surface area contributed by atoms with Crippen molar-refractivity contribution < 1.29 is 0 Å². The van der Waals surface area contributed by atoms with Crippen LogP contribution in [0, 0.1) is 0 Å². The van der Waals surface area contributed by atoms with E-state index in [0.29, 0.717) is 11.4 Å². The Morgan fingerprint density at radius 2 is 0.739 bits per heavy atom. The molecule has 0 aliphatic rings. The number of nitrogens with zero attached hydrogens (tertiary/aromatic N) is 2. The molecule has 10 rings (SSSR count). The Bertz CT molecular complexity index is 2640. The number of aromatic amines is 2. The number of fused-ring (bicyclic) bond motifs is 8. The number of benzene rings is 6. The van der Waals surface area contributed by atoms with Crippen molar-refractivity contribution in [2.75, 3.05) is 11.5 Å². The number of aromatic nitrogens is 4. The van der Waals surface area contributed by atoms with Gasteiger partial charge in [0, 0.05) is 65.8 Å². The smallest absolute Gasteiger partial charge is 0.0964 e. The van der Waals surface area contributed by atoms with Crippen LogP contribution in [0.3, 0.4) is 0 Å². The van der Waals surface area contributed by atoms with E-state index < -0.39 is 0 Å². The number of nitrogen functional groups attached to an aromatic ring is 2. The molecule has 6 nitrogen and oxygen atoms in total. The Morgan fingerprint density at radius 3 is 1.20 bits per heavy atom. The van der Waals surface area contributed by atoms with Crippen molar-refractivity contribution in [1.29, 1.82) is 0 Å². The number of hydrogen-bond acceptors (Lipinski definition) is 2. The van der Waals surface area contributed by atoms with Gasteiger partial charge in [0.2, 0.25) is 0 Å². The molecular formula is C40H28N6. The fourth-order valence-corrected chi connectivity index (χ4v) is 7.48. The third-order valence-corrected chi connectivity index (χ3v) is 9.55. The average Bonchev–Trinajstić information content (AvgIpc) is 3.82. The Hall–Kier alpha value is -6.40. The lowest BCUT2D eigenvalue weighted by Crippen LogP contribution is -2.05. The van der Waals surface area contributed by atoms with Crippen LogP contribution in [0.5, 0.6) is 0 Å². The zero-order valence-electron chi connectivity index (χ0n) is 24.8. The zero-order valence-corrected chi connectivity index (χ0v) is 24.8. The molecule has 0 saturated heterocycles. The summed E-state index contributed by atoms with van der Waals surface area (Å²) in [6.45, 7) is 0. The molecule has 0 spiro atoms. The van der Waals surface area contributed by atoms with Crippen LogP contribution in [0.2, 0.25) is 0 Å². The van der Waals surface area contributed by atoms with E-state index >= 15 is 0 Å². The summed E-state index contributed by atoms with van der Waals surface area (Å²) >= 11 is 0. The van der Waals surface area contributed by atoms with Gasteiger partial charge in [-0.2, -0.15) is 0 Å². The number of nitrogens with one attached hydrogen (secondary N) is 2. The van der Waals surface area contributed by atoms with Crippen LogP contribution in [0.25, 0.3) is 88.2 Å². The fraction of sp³-hybridized carbons (Fsp3) is 0. The number of anilines is 2. The summed E-state index contributed by atoms with van der Waals surface area (Å²) < 4.78 is 4.55. The highest BCUT2D eigenvalue weighted by atomic mass is 15.1. The summed E-state index contributed by atoms with van der Waals surface area (Å²) in [4.78, 5) is 7.13. The van der Waals surface area contributed by atoms with E-state index in [9.17, 15) is 0 Å². The van der Waals surface area contributed by atoms with Crippen molar-refractivity contribution in [3.8, 4) is 22.8 Å². The van der Waals surface area contributed by atoms with Crippen molar-refractivity contribution in [2.45, 2.75) is 0 Å². The number of hydrogen-bond donors (Lipinski definition) is 4. The van der Waals surface area contributed by atoms with E-state index in [4.69, 9.17) is 11.5 Å². The van der Waals surface area contributed by atoms with Crippen LogP contribution < -0.4 is 11.5 Å². The molecule has 0 unspecified atom stereocenters. The summed E-state index contributed by atoms with van der Waals surface area (Å²) in [5.41, 5.74) is 26.0. The minimum atomic E-state index is 0.693. The molecular weight excluding hydrogens is 564 g/mol. The highest BCUT2D eigenvalue weighted by molar-refractivity contribution is 6.12. The quantitative estimate of drug-likeness (QED) is 0.164. The highest BCUT2D eigenvalue weighted by Gasteiger charge is 2.26. The topological polar surface area (TPSA) is 93.5 Å². The number of para-hydroxylation sites is 4. The molecule has 0 saturated carbocycles. The molecule has 10 aromatic rings. The molecule has 0 radical (unpaired) electrons. The molecule has 4 heterocycles. The molecule has 0 atom stereocenters. The van der Waals surface area contributed by atoms with Crippen molar-refractivity contribution in [2.24, 2.45) is 0 Å². The molecule has 0 aliphatic heterocycles. The molecule has 0 amide bonds. The van der Waals surface area contributed by atoms with E-state index in [1.807, 2.05) is 12.1 Å². The van der Waals surface area contributed by atoms with Crippen LogP contribution in [-0.2, 0) is 0 Å². The molecule has 46 heavy (non-hydrogen) atoms. The largest absolute Gasteiger partial charge is 0.396 e. The maximum atomic E-state index is 7.18. The van der Waals surface area contributed by atoms with Gasteiger partial charge in [-0.3, -0.25) is 0 Å². The first-order chi connectivity index (χ1) is 22.7. The minimum Gasteiger partial charge on any atom is -0.396 e. The van der Waals surface area contributed by atoms with Crippen LogP contribution in [0.15, 0.2) is 133 Å². The zero-order chi connectivity index (χ0) is 30.5. The van der Waals surface area contributed by atoms with Gasteiger partial charge >= 0.3 is 0 Å². The number of nitrogens with two attached hydrogens (primary N) is 2. The van der Waals surface area contributed by atoms with Gasteiger partial charge in [-0.25, -0.2) is 0 Å². The van der Waals surface area contributed by atoms with Gasteiger partial charge in [-0.05, 0) is 60.7 Å². The predicted octanol–water partition coefficient (Wildman–Crippen LogP) is 9.67. The SMILES string of the molecule is Nc1c(-c2c(N)c3ccccc3n2-c2ccc3[nH]c4ccccc4c3c2)n(-c2ccc3[nH]c4ccccc4c3c2)c2ccccc12. The van der Waals surface area contributed by atoms with E-state index in [2.05, 4.69) is 140 Å². The second kappa shape index (κ2) is 9.06. The second-order valence-corrected chi connectivity index (χ2v) is 12.0. The molecule has 0 aliphatic carbocycles. The standard InChI is InChI=1S/C40H28N6/c41-37-27-11-3-7-15-35(27)45(23-17-19-33-29(21-23)25-9-1-5-13-31(25)43-33)39(37)40-38(42)28-12-4-8-16-36(28)46(40)24-18-20-34-30(22-24)26-10-2-6-14-32(26)44-34/h1-22,43-44H,41-42H2. The van der Waals surface area contributed by atoms with Gasteiger partial charge in [0.15, 0.2) is 0 Å². The summed E-state index contributed by atoms with van der Waals surface area (Å²) in [7, 11) is 0. The van der Waals surface area contributed by atoms with E-state index in [0.717, 1.165) is 77.4 Å². The lowest BCUT2D eigenvalue weighted by atomic mass is 10.1. The van der Waals surface area contributed by atoms with E-state index in [1.54, 1.807) is 0 Å². The molecule has 4 aromatic heterocycles. The predicted molar refractivity (Wildman–Crippen MR) is 193 cm³/mol. The van der Waals surface area contributed by atoms with Gasteiger partial charge in [0.05, 0.1) is 33.8 Å². The third kappa shape index (κ3) is 3.30. The van der Waals surface area contributed by atoms with Gasteiger partial charge < -0.3 is 30.6 Å². The fourth-order valence-electron chi connectivity index (χ4n) is 7.48.